The quantitative estimate of drug-likeness (QED) is 0.465. The Bertz CT molecular complexity index is 1530. The molecule has 4 aromatic heterocycles. The van der Waals surface area contributed by atoms with E-state index in [-0.39, 0.29) is 17.1 Å². The number of pyridine rings is 3. The van der Waals surface area contributed by atoms with Gasteiger partial charge in [-0.05, 0) is 49.4 Å². The van der Waals surface area contributed by atoms with Crippen molar-refractivity contribution >= 4 is 21.8 Å². The molecule has 0 aliphatic carbocycles. The topological polar surface area (TPSA) is 108 Å². The maximum atomic E-state index is 13.1. The SMILES string of the molecule is COc1ccc(-n2ccc3nc4ccn(-c5n[nH]c(C)n5)c(=O)c4cc3c2=O)cc1. The zero-order valence-electron chi connectivity index (χ0n) is 16.2. The molecule has 1 aromatic carbocycles. The summed E-state index contributed by atoms with van der Waals surface area (Å²) in [6.07, 6.45) is 3.24. The van der Waals surface area contributed by atoms with Crippen molar-refractivity contribution in [1.82, 2.24) is 29.3 Å². The van der Waals surface area contributed by atoms with Gasteiger partial charge in [-0.25, -0.2) is 9.55 Å². The minimum atomic E-state index is -0.347. The van der Waals surface area contributed by atoms with E-state index in [1.165, 1.54) is 9.13 Å². The van der Waals surface area contributed by atoms with Crippen molar-refractivity contribution in [1.29, 1.82) is 0 Å². The van der Waals surface area contributed by atoms with Crippen molar-refractivity contribution < 1.29 is 4.74 Å². The van der Waals surface area contributed by atoms with Gasteiger partial charge in [0, 0.05) is 18.1 Å². The van der Waals surface area contributed by atoms with Gasteiger partial charge in [0.15, 0.2) is 0 Å². The first kappa shape index (κ1) is 17.8. The first-order chi connectivity index (χ1) is 14.5. The third kappa shape index (κ3) is 2.75. The summed E-state index contributed by atoms with van der Waals surface area (Å²) in [5.41, 5.74) is 1.08. The molecule has 0 fully saturated rings. The van der Waals surface area contributed by atoms with E-state index >= 15 is 0 Å². The monoisotopic (exact) mass is 400 g/mol. The summed E-state index contributed by atoms with van der Waals surface area (Å²) in [7, 11) is 1.58. The van der Waals surface area contributed by atoms with Gasteiger partial charge in [-0.1, -0.05) is 0 Å². The molecule has 0 bridgehead atoms. The summed E-state index contributed by atoms with van der Waals surface area (Å²) >= 11 is 0. The van der Waals surface area contributed by atoms with Crippen molar-refractivity contribution in [2.45, 2.75) is 6.92 Å². The molecule has 0 atom stereocenters. The molecule has 0 spiro atoms. The maximum absolute atomic E-state index is 13.1. The van der Waals surface area contributed by atoms with E-state index in [0.29, 0.717) is 39.1 Å². The largest absolute Gasteiger partial charge is 0.497 e. The van der Waals surface area contributed by atoms with Crippen LogP contribution in [0, 0.1) is 6.92 Å². The number of aromatic amines is 1. The normalized spacial score (nSPS) is 11.3. The molecule has 0 radical (unpaired) electrons. The average molecular weight is 400 g/mol. The highest BCUT2D eigenvalue weighted by Gasteiger charge is 2.13. The molecular weight excluding hydrogens is 384 g/mol. The minimum absolute atomic E-state index is 0.239. The van der Waals surface area contributed by atoms with Crippen LogP contribution >= 0.6 is 0 Å². The van der Waals surface area contributed by atoms with E-state index in [9.17, 15) is 9.59 Å². The van der Waals surface area contributed by atoms with Crippen LogP contribution in [0.15, 0.2) is 64.4 Å². The number of H-pyrrole nitrogens is 1. The van der Waals surface area contributed by atoms with Crippen LogP contribution in [0.4, 0.5) is 0 Å². The van der Waals surface area contributed by atoms with Crippen LogP contribution in [0.25, 0.3) is 33.4 Å². The highest BCUT2D eigenvalue weighted by Crippen LogP contribution is 2.18. The number of aromatic nitrogens is 6. The summed E-state index contributed by atoms with van der Waals surface area (Å²) in [5.74, 6) is 1.53. The minimum Gasteiger partial charge on any atom is -0.497 e. The first-order valence-corrected chi connectivity index (χ1v) is 9.17. The fraction of sp³-hybridized carbons (Fsp3) is 0.0952. The van der Waals surface area contributed by atoms with Crippen molar-refractivity contribution in [3.8, 4) is 17.4 Å². The Balaban J connectivity index is 1.73. The summed E-state index contributed by atoms with van der Waals surface area (Å²) in [6.45, 7) is 1.75. The van der Waals surface area contributed by atoms with Crippen LogP contribution < -0.4 is 15.9 Å². The molecule has 0 saturated heterocycles. The summed E-state index contributed by atoms with van der Waals surface area (Å²) in [5, 5.41) is 7.41. The number of hydrogen-bond acceptors (Lipinski definition) is 6. The predicted octanol–water partition coefficient (Wildman–Crippen LogP) is 2.12. The lowest BCUT2D eigenvalue weighted by molar-refractivity contribution is 0.414. The maximum Gasteiger partial charge on any atom is 0.267 e. The van der Waals surface area contributed by atoms with Crippen LogP contribution in [-0.2, 0) is 0 Å². The Hall–Kier alpha value is -4.27. The van der Waals surface area contributed by atoms with Gasteiger partial charge in [0.2, 0.25) is 0 Å². The van der Waals surface area contributed by atoms with Gasteiger partial charge in [0.1, 0.15) is 11.6 Å². The van der Waals surface area contributed by atoms with Gasteiger partial charge in [0.05, 0.1) is 28.9 Å². The van der Waals surface area contributed by atoms with Crippen LogP contribution in [0.2, 0.25) is 0 Å². The number of fused-ring (bicyclic) bond motifs is 2. The lowest BCUT2D eigenvalue weighted by atomic mass is 10.2. The summed E-state index contributed by atoms with van der Waals surface area (Å²) in [4.78, 5) is 34.9. The van der Waals surface area contributed by atoms with E-state index in [4.69, 9.17) is 4.74 Å². The third-order valence-corrected chi connectivity index (χ3v) is 4.89. The molecule has 1 N–H and O–H groups in total. The van der Waals surface area contributed by atoms with Gasteiger partial charge in [0.25, 0.3) is 17.1 Å². The Morgan fingerprint density at radius 1 is 0.867 bits per heavy atom. The van der Waals surface area contributed by atoms with E-state index < -0.39 is 0 Å². The second-order valence-corrected chi connectivity index (χ2v) is 6.75. The number of nitrogens with one attached hydrogen (secondary N) is 1. The van der Waals surface area contributed by atoms with Gasteiger partial charge in [-0.3, -0.25) is 19.3 Å². The van der Waals surface area contributed by atoms with Crippen molar-refractivity contribution in [2.75, 3.05) is 7.11 Å². The van der Waals surface area contributed by atoms with Gasteiger partial charge in [-0.2, -0.15) is 4.98 Å². The molecule has 4 heterocycles. The summed E-state index contributed by atoms with van der Waals surface area (Å²) in [6, 6.07) is 12.2. The fourth-order valence-corrected chi connectivity index (χ4v) is 3.37. The second kappa shape index (κ2) is 6.66. The Morgan fingerprint density at radius 2 is 1.50 bits per heavy atom. The zero-order chi connectivity index (χ0) is 20.8. The number of benzene rings is 1. The molecule has 148 valence electrons. The number of aryl methyl sites for hydroxylation is 1. The standard InChI is InChI=1S/C21H16N6O3/c1-12-22-21(25-24-12)27-10-8-18-16(20(27)29)11-15-17(23-18)7-9-26(19(15)28)13-3-5-14(30-2)6-4-13/h3-11H,1-2H3,(H,22,24,25). The number of ether oxygens (including phenoxy) is 1. The third-order valence-electron chi connectivity index (χ3n) is 4.89. The van der Waals surface area contributed by atoms with Crippen molar-refractivity contribution in [3.63, 3.8) is 0 Å². The predicted molar refractivity (Wildman–Crippen MR) is 112 cm³/mol. The van der Waals surface area contributed by atoms with Crippen LogP contribution in [0.3, 0.4) is 0 Å². The zero-order valence-corrected chi connectivity index (χ0v) is 16.2. The van der Waals surface area contributed by atoms with Gasteiger partial charge in [-0.15, -0.1) is 5.10 Å². The van der Waals surface area contributed by atoms with Crippen LogP contribution in [0.5, 0.6) is 5.75 Å². The van der Waals surface area contributed by atoms with E-state index in [1.807, 2.05) is 0 Å². The molecule has 0 saturated carbocycles. The van der Waals surface area contributed by atoms with E-state index in [2.05, 4.69) is 20.2 Å². The van der Waals surface area contributed by atoms with Gasteiger partial charge < -0.3 is 4.74 Å². The van der Waals surface area contributed by atoms with E-state index in [0.717, 1.165) is 0 Å². The molecular formula is C21H16N6O3. The van der Waals surface area contributed by atoms with E-state index in [1.54, 1.807) is 68.9 Å². The molecule has 0 unspecified atom stereocenters. The van der Waals surface area contributed by atoms with Gasteiger partial charge >= 0.3 is 0 Å². The second-order valence-electron chi connectivity index (χ2n) is 6.75. The van der Waals surface area contributed by atoms with Crippen molar-refractivity contribution in [2.24, 2.45) is 0 Å². The Morgan fingerprint density at radius 3 is 2.10 bits per heavy atom. The first-order valence-electron chi connectivity index (χ1n) is 9.17. The lowest BCUT2D eigenvalue weighted by Gasteiger charge is -2.09. The molecule has 0 aliphatic rings. The fourth-order valence-electron chi connectivity index (χ4n) is 3.37. The summed E-state index contributed by atoms with van der Waals surface area (Å²) < 4.78 is 8.00. The van der Waals surface area contributed by atoms with Crippen molar-refractivity contribution in [3.05, 3.63) is 81.4 Å². The molecule has 9 nitrogen and oxygen atoms in total. The highest BCUT2D eigenvalue weighted by molar-refractivity contribution is 5.91. The molecule has 30 heavy (non-hydrogen) atoms. The molecule has 9 heteroatoms. The smallest absolute Gasteiger partial charge is 0.267 e. The highest BCUT2D eigenvalue weighted by atomic mass is 16.5. The number of methoxy groups -OCH3 is 1. The lowest BCUT2D eigenvalue weighted by Crippen LogP contribution is -2.21. The number of rotatable bonds is 3. The molecule has 5 rings (SSSR count). The Kier molecular flexibility index (Phi) is 3.95. The Labute approximate surface area is 169 Å². The molecule has 5 aromatic rings. The van der Waals surface area contributed by atoms with Crippen LogP contribution in [-0.4, -0.2) is 36.4 Å². The van der Waals surface area contributed by atoms with Crippen LogP contribution in [0.1, 0.15) is 5.82 Å². The number of hydrogen-bond donors (Lipinski definition) is 1. The molecule has 0 amide bonds. The molecule has 0 aliphatic heterocycles. The average Bonchev–Trinajstić information content (AvgIpc) is 3.19. The number of nitrogens with zero attached hydrogens (tertiary/aromatic N) is 5.